The lowest BCUT2D eigenvalue weighted by Gasteiger charge is -2.03. The molecule has 29 heavy (non-hydrogen) atoms. The van der Waals surface area contributed by atoms with Gasteiger partial charge in [-0.25, -0.2) is 9.50 Å². The molecule has 0 bridgehead atoms. The van der Waals surface area contributed by atoms with E-state index in [2.05, 4.69) is 25.5 Å². The molecule has 146 valence electrons. The molecule has 1 fully saturated rings. The summed E-state index contributed by atoms with van der Waals surface area (Å²) in [5.74, 6) is 0.430. The molecule has 1 aliphatic carbocycles. The van der Waals surface area contributed by atoms with Crippen LogP contribution in [0.15, 0.2) is 48.9 Å². The van der Waals surface area contributed by atoms with E-state index in [0.717, 1.165) is 28.3 Å². The van der Waals surface area contributed by atoms with Gasteiger partial charge in [-0.2, -0.15) is 10.2 Å². The van der Waals surface area contributed by atoms with Crippen LogP contribution in [0, 0.1) is 0 Å². The molecule has 4 aromatic rings. The number of carbonyl (C=O) groups excluding carboxylic acids is 1. The van der Waals surface area contributed by atoms with Gasteiger partial charge < -0.3 is 5.32 Å². The Hall–Kier alpha value is -3.55. The standard InChI is InChI=1S/C21H21N7O/c1-27-19(13-18(26-27)14-2-3-14)21(29)23-10-6-16-12-20-24-17(7-11-28(20)25-16)15-4-8-22-9-5-15/h4-5,7-9,11-14H,2-3,6,10H2,1H3,(H,23,29). The number of aryl methyl sites for hydroxylation is 1. The molecule has 1 saturated carbocycles. The first kappa shape index (κ1) is 17.5. The number of amides is 1. The number of hydrogen-bond donors (Lipinski definition) is 1. The highest BCUT2D eigenvalue weighted by Crippen LogP contribution is 2.39. The van der Waals surface area contributed by atoms with Crippen molar-refractivity contribution in [3.8, 4) is 11.3 Å². The Morgan fingerprint density at radius 3 is 2.79 bits per heavy atom. The summed E-state index contributed by atoms with van der Waals surface area (Å²) in [6.45, 7) is 0.504. The highest BCUT2D eigenvalue weighted by molar-refractivity contribution is 5.92. The van der Waals surface area contributed by atoms with E-state index in [4.69, 9.17) is 0 Å². The fraction of sp³-hybridized carbons (Fsp3) is 0.286. The summed E-state index contributed by atoms with van der Waals surface area (Å²) in [4.78, 5) is 21.2. The molecule has 1 N–H and O–H groups in total. The zero-order chi connectivity index (χ0) is 19.8. The fourth-order valence-electron chi connectivity index (χ4n) is 3.41. The zero-order valence-electron chi connectivity index (χ0n) is 16.1. The fourth-order valence-corrected chi connectivity index (χ4v) is 3.41. The molecule has 1 amide bonds. The van der Waals surface area contributed by atoms with Gasteiger partial charge in [-0.05, 0) is 37.1 Å². The number of pyridine rings is 1. The molecule has 5 rings (SSSR count). The van der Waals surface area contributed by atoms with Crippen LogP contribution in [0.4, 0.5) is 0 Å². The van der Waals surface area contributed by atoms with Crippen molar-refractivity contribution in [3.63, 3.8) is 0 Å². The Morgan fingerprint density at radius 1 is 1.17 bits per heavy atom. The van der Waals surface area contributed by atoms with Crippen molar-refractivity contribution in [2.45, 2.75) is 25.2 Å². The van der Waals surface area contributed by atoms with E-state index in [1.165, 1.54) is 12.8 Å². The van der Waals surface area contributed by atoms with Crippen molar-refractivity contribution in [2.75, 3.05) is 6.54 Å². The van der Waals surface area contributed by atoms with E-state index in [-0.39, 0.29) is 5.91 Å². The van der Waals surface area contributed by atoms with Crippen molar-refractivity contribution in [1.29, 1.82) is 0 Å². The van der Waals surface area contributed by atoms with Gasteiger partial charge in [-0.3, -0.25) is 14.5 Å². The number of nitrogens with one attached hydrogen (secondary N) is 1. The number of carbonyl (C=O) groups is 1. The Labute approximate surface area is 167 Å². The maximum absolute atomic E-state index is 12.5. The van der Waals surface area contributed by atoms with Crippen LogP contribution >= 0.6 is 0 Å². The maximum atomic E-state index is 12.5. The molecule has 4 aromatic heterocycles. The predicted octanol–water partition coefficient (Wildman–Crippen LogP) is 2.37. The van der Waals surface area contributed by atoms with E-state index < -0.39 is 0 Å². The highest BCUT2D eigenvalue weighted by atomic mass is 16.2. The second kappa shape index (κ2) is 7.12. The molecule has 0 saturated heterocycles. The minimum atomic E-state index is -0.103. The molecule has 8 heteroatoms. The van der Waals surface area contributed by atoms with Gasteiger partial charge in [-0.1, -0.05) is 0 Å². The zero-order valence-corrected chi connectivity index (χ0v) is 16.1. The summed E-state index contributed by atoms with van der Waals surface area (Å²) in [5.41, 5.74) is 5.18. The van der Waals surface area contributed by atoms with Gasteiger partial charge in [0, 0.05) is 56.2 Å². The molecule has 0 aromatic carbocycles. The third-order valence-corrected chi connectivity index (χ3v) is 5.14. The Balaban J connectivity index is 1.24. The van der Waals surface area contributed by atoms with E-state index in [9.17, 15) is 4.79 Å². The molecule has 1 aliphatic rings. The van der Waals surface area contributed by atoms with Crippen molar-refractivity contribution >= 4 is 11.6 Å². The third-order valence-electron chi connectivity index (χ3n) is 5.14. The first-order valence-corrected chi connectivity index (χ1v) is 9.75. The summed E-state index contributed by atoms with van der Waals surface area (Å²) >= 11 is 0. The lowest BCUT2D eigenvalue weighted by Crippen LogP contribution is -2.27. The van der Waals surface area contributed by atoms with Gasteiger partial charge in [0.2, 0.25) is 0 Å². The lowest BCUT2D eigenvalue weighted by molar-refractivity contribution is 0.0944. The van der Waals surface area contributed by atoms with Crippen LogP contribution in [0.1, 0.15) is 40.6 Å². The van der Waals surface area contributed by atoms with Gasteiger partial charge in [0.05, 0.1) is 17.1 Å². The Morgan fingerprint density at radius 2 is 2.00 bits per heavy atom. The van der Waals surface area contributed by atoms with Gasteiger partial charge in [0.1, 0.15) is 5.69 Å². The second-order valence-corrected chi connectivity index (χ2v) is 7.35. The Bertz CT molecular complexity index is 1170. The van der Waals surface area contributed by atoms with Gasteiger partial charge in [0.15, 0.2) is 5.65 Å². The first-order valence-electron chi connectivity index (χ1n) is 9.75. The summed E-state index contributed by atoms with van der Waals surface area (Å²) in [6, 6.07) is 9.65. The largest absolute Gasteiger partial charge is 0.350 e. The minimum Gasteiger partial charge on any atom is -0.350 e. The topological polar surface area (TPSA) is 90.0 Å². The Kier molecular flexibility index (Phi) is 4.31. The highest BCUT2D eigenvalue weighted by Gasteiger charge is 2.27. The molecule has 0 radical (unpaired) electrons. The van der Waals surface area contributed by atoms with Gasteiger partial charge in [-0.15, -0.1) is 0 Å². The number of hydrogen-bond acceptors (Lipinski definition) is 5. The lowest BCUT2D eigenvalue weighted by atomic mass is 10.2. The monoisotopic (exact) mass is 387 g/mol. The number of fused-ring (bicyclic) bond motifs is 1. The number of aromatic nitrogens is 6. The van der Waals surface area contributed by atoms with Crippen molar-refractivity contribution in [3.05, 3.63) is 66.0 Å². The molecule has 0 atom stereocenters. The van der Waals surface area contributed by atoms with Crippen LogP contribution in [0.3, 0.4) is 0 Å². The average Bonchev–Trinajstić information content (AvgIpc) is 3.39. The molecular formula is C21H21N7O. The van der Waals surface area contributed by atoms with Crippen LogP contribution in [0.5, 0.6) is 0 Å². The van der Waals surface area contributed by atoms with E-state index in [1.54, 1.807) is 21.6 Å². The SMILES string of the molecule is Cn1nc(C2CC2)cc1C(=O)NCCc1cc2nc(-c3ccncc3)ccn2n1. The normalized spacial score (nSPS) is 13.7. The second-order valence-electron chi connectivity index (χ2n) is 7.35. The number of rotatable bonds is 6. The first-order chi connectivity index (χ1) is 14.2. The summed E-state index contributed by atoms with van der Waals surface area (Å²) < 4.78 is 3.42. The van der Waals surface area contributed by atoms with Crippen LogP contribution in [-0.2, 0) is 13.5 Å². The summed E-state index contributed by atoms with van der Waals surface area (Å²) in [7, 11) is 1.81. The summed E-state index contributed by atoms with van der Waals surface area (Å²) in [6.07, 6.45) is 8.37. The van der Waals surface area contributed by atoms with Gasteiger partial charge in [0.25, 0.3) is 5.91 Å². The van der Waals surface area contributed by atoms with E-state index in [0.29, 0.717) is 24.6 Å². The van der Waals surface area contributed by atoms with Crippen LogP contribution in [0.25, 0.3) is 16.9 Å². The van der Waals surface area contributed by atoms with Crippen LogP contribution < -0.4 is 5.32 Å². The molecule has 0 spiro atoms. The third kappa shape index (κ3) is 3.61. The molecule has 8 nitrogen and oxygen atoms in total. The smallest absolute Gasteiger partial charge is 0.269 e. The average molecular weight is 387 g/mol. The van der Waals surface area contributed by atoms with Gasteiger partial charge >= 0.3 is 0 Å². The maximum Gasteiger partial charge on any atom is 0.269 e. The van der Waals surface area contributed by atoms with Crippen LogP contribution in [-0.4, -0.2) is 41.8 Å². The molecule has 0 unspecified atom stereocenters. The predicted molar refractivity (Wildman–Crippen MR) is 107 cm³/mol. The van der Waals surface area contributed by atoms with Crippen molar-refractivity contribution in [2.24, 2.45) is 7.05 Å². The molecule has 4 heterocycles. The molecular weight excluding hydrogens is 366 g/mol. The minimum absolute atomic E-state index is 0.103. The number of nitrogens with zero attached hydrogens (tertiary/aromatic N) is 6. The van der Waals surface area contributed by atoms with Crippen LogP contribution in [0.2, 0.25) is 0 Å². The van der Waals surface area contributed by atoms with Crippen molar-refractivity contribution < 1.29 is 4.79 Å². The van der Waals surface area contributed by atoms with Crippen molar-refractivity contribution in [1.82, 2.24) is 34.7 Å². The molecule has 0 aliphatic heterocycles. The van der Waals surface area contributed by atoms with E-state index >= 15 is 0 Å². The summed E-state index contributed by atoms with van der Waals surface area (Å²) in [5, 5.41) is 12.0. The quantitative estimate of drug-likeness (QED) is 0.549. The van der Waals surface area contributed by atoms with E-state index in [1.807, 2.05) is 43.6 Å².